The molecule has 2 aromatic carbocycles. The van der Waals surface area contributed by atoms with Gasteiger partial charge in [0.1, 0.15) is 22.0 Å². The maximum Gasteiger partial charge on any atom is 0.246 e. The summed E-state index contributed by atoms with van der Waals surface area (Å²) in [6.07, 6.45) is 1.19. The predicted octanol–water partition coefficient (Wildman–Crippen LogP) is 1.92. The number of ether oxygens (including phenoxy) is 2. The van der Waals surface area contributed by atoms with Gasteiger partial charge in [-0.2, -0.15) is 13.1 Å². The van der Waals surface area contributed by atoms with Crippen molar-refractivity contribution in [1.29, 1.82) is 0 Å². The first-order chi connectivity index (χ1) is 17.0. The van der Waals surface area contributed by atoms with E-state index in [1.165, 1.54) is 4.31 Å². The van der Waals surface area contributed by atoms with Crippen LogP contribution in [0, 0.1) is 0 Å². The molecule has 0 spiro atoms. The van der Waals surface area contributed by atoms with Gasteiger partial charge < -0.3 is 14.4 Å². The van der Waals surface area contributed by atoms with Crippen molar-refractivity contribution in [3.63, 3.8) is 0 Å². The number of nitrogens with zero attached hydrogens (tertiary/aromatic N) is 5. The SMILES string of the molecule is O=C(C1CCCN1S(=O)(=O)c1cccc2nsnc12)N1CCN(Cc2ccc3c(c2)OCO3)CC1. The highest BCUT2D eigenvalue weighted by atomic mass is 32.2. The van der Waals surface area contributed by atoms with Crippen LogP contribution in [-0.2, 0) is 21.4 Å². The van der Waals surface area contributed by atoms with Crippen molar-refractivity contribution in [3.8, 4) is 11.5 Å². The highest BCUT2D eigenvalue weighted by molar-refractivity contribution is 7.89. The van der Waals surface area contributed by atoms with Gasteiger partial charge in [-0.05, 0) is 42.7 Å². The van der Waals surface area contributed by atoms with Gasteiger partial charge >= 0.3 is 0 Å². The molecular formula is C23H25N5O5S2. The molecule has 0 aliphatic carbocycles. The van der Waals surface area contributed by atoms with E-state index in [9.17, 15) is 13.2 Å². The standard InChI is InChI=1S/C23H25N5O5S2/c29-23(27-11-9-26(10-12-27)14-16-6-7-19-20(13-16)33-15-32-19)18-4-2-8-28(18)35(30,31)21-5-1-3-17-22(21)25-34-24-17/h1,3,5-7,13,18H,2,4,8-12,14-15H2. The van der Waals surface area contributed by atoms with Crippen LogP contribution >= 0.6 is 11.7 Å². The quantitative estimate of drug-likeness (QED) is 0.508. The lowest BCUT2D eigenvalue weighted by atomic mass is 10.1. The molecule has 6 rings (SSSR count). The van der Waals surface area contributed by atoms with Gasteiger partial charge in [-0.1, -0.05) is 12.1 Å². The maximum absolute atomic E-state index is 13.5. The van der Waals surface area contributed by atoms with E-state index >= 15 is 0 Å². The van der Waals surface area contributed by atoms with E-state index in [4.69, 9.17) is 9.47 Å². The first-order valence-corrected chi connectivity index (χ1v) is 13.8. The van der Waals surface area contributed by atoms with Gasteiger partial charge in [0.05, 0.1) is 11.7 Å². The number of rotatable bonds is 5. The van der Waals surface area contributed by atoms with Crippen molar-refractivity contribution in [2.45, 2.75) is 30.3 Å². The lowest BCUT2D eigenvalue weighted by Gasteiger charge is -2.37. The Labute approximate surface area is 207 Å². The fourth-order valence-corrected chi connectivity index (χ4v) is 7.43. The van der Waals surface area contributed by atoms with Crippen molar-refractivity contribution in [2.75, 3.05) is 39.5 Å². The molecule has 0 N–H and O–H groups in total. The molecule has 0 saturated carbocycles. The number of hydrogen-bond donors (Lipinski definition) is 0. The van der Waals surface area contributed by atoms with E-state index < -0.39 is 16.1 Å². The van der Waals surface area contributed by atoms with Gasteiger partial charge in [0.25, 0.3) is 0 Å². The summed E-state index contributed by atoms with van der Waals surface area (Å²) in [4.78, 5) is 17.7. The van der Waals surface area contributed by atoms with Crippen LogP contribution < -0.4 is 9.47 Å². The molecule has 3 aliphatic rings. The molecule has 4 heterocycles. The van der Waals surface area contributed by atoms with Crippen LogP contribution in [-0.4, -0.2) is 82.7 Å². The minimum Gasteiger partial charge on any atom is -0.454 e. The highest BCUT2D eigenvalue weighted by Crippen LogP contribution is 2.33. The summed E-state index contributed by atoms with van der Waals surface area (Å²) in [5, 5.41) is 0. The Kier molecular flexibility index (Phi) is 5.83. The zero-order valence-electron chi connectivity index (χ0n) is 19.0. The Morgan fingerprint density at radius 3 is 2.71 bits per heavy atom. The summed E-state index contributed by atoms with van der Waals surface area (Å²) in [5.41, 5.74) is 2.05. The lowest BCUT2D eigenvalue weighted by Crippen LogP contribution is -2.54. The summed E-state index contributed by atoms with van der Waals surface area (Å²) in [6.45, 7) is 3.93. The number of hydrogen-bond acceptors (Lipinski definition) is 9. The second-order valence-electron chi connectivity index (χ2n) is 8.95. The van der Waals surface area contributed by atoms with E-state index in [0.717, 1.165) is 48.4 Å². The van der Waals surface area contributed by atoms with Gasteiger partial charge in [-0.25, -0.2) is 8.42 Å². The number of amides is 1. The molecule has 3 aromatic rings. The summed E-state index contributed by atoms with van der Waals surface area (Å²) in [7, 11) is -3.87. The van der Waals surface area contributed by atoms with Crippen LogP contribution in [0.2, 0.25) is 0 Å². The van der Waals surface area contributed by atoms with Gasteiger partial charge in [0, 0.05) is 39.3 Å². The fraction of sp³-hybridized carbons (Fsp3) is 0.435. The molecule has 0 bridgehead atoms. The van der Waals surface area contributed by atoms with Crippen molar-refractivity contribution >= 4 is 38.7 Å². The normalized spacial score (nSPS) is 21.1. The summed E-state index contributed by atoms with van der Waals surface area (Å²) >= 11 is 0.986. The molecule has 1 atom stereocenters. The molecule has 0 radical (unpaired) electrons. The van der Waals surface area contributed by atoms with Gasteiger partial charge in [-0.15, -0.1) is 0 Å². The van der Waals surface area contributed by atoms with Crippen LogP contribution in [0.1, 0.15) is 18.4 Å². The summed E-state index contributed by atoms with van der Waals surface area (Å²) < 4.78 is 47.6. The molecule has 3 aliphatic heterocycles. The summed E-state index contributed by atoms with van der Waals surface area (Å²) in [5.74, 6) is 1.42. The molecule has 1 unspecified atom stereocenters. The number of piperazine rings is 1. The molecular weight excluding hydrogens is 490 g/mol. The molecule has 10 nitrogen and oxygen atoms in total. The molecule has 2 saturated heterocycles. The second kappa shape index (κ2) is 9.01. The monoisotopic (exact) mass is 515 g/mol. The van der Waals surface area contributed by atoms with E-state index in [-0.39, 0.29) is 17.6 Å². The minimum atomic E-state index is -3.87. The Morgan fingerprint density at radius 2 is 1.86 bits per heavy atom. The van der Waals surface area contributed by atoms with Crippen LogP contribution in [0.4, 0.5) is 0 Å². The van der Waals surface area contributed by atoms with Crippen molar-refractivity contribution < 1.29 is 22.7 Å². The zero-order chi connectivity index (χ0) is 24.0. The third kappa shape index (κ3) is 4.14. The topological polar surface area (TPSA) is 105 Å². The average molecular weight is 516 g/mol. The van der Waals surface area contributed by atoms with Crippen LogP contribution in [0.15, 0.2) is 41.3 Å². The molecule has 1 aromatic heterocycles. The third-order valence-corrected chi connectivity index (χ3v) is 9.33. The van der Waals surface area contributed by atoms with E-state index in [2.05, 4.69) is 13.6 Å². The van der Waals surface area contributed by atoms with Crippen molar-refractivity contribution in [2.24, 2.45) is 0 Å². The lowest BCUT2D eigenvalue weighted by molar-refractivity contribution is -0.136. The molecule has 184 valence electrons. The third-order valence-electron chi connectivity index (χ3n) is 6.85. The number of aromatic nitrogens is 2. The molecule has 12 heteroatoms. The predicted molar refractivity (Wildman–Crippen MR) is 129 cm³/mol. The molecule has 2 fully saturated rings. The molecule has 35 heavy (non-hydrogen) atoms. The average Bonchev–Trinajstić information content (AvgIpc) is 3.64. The second-order valence-corrected chi connectivity index (χ2v) is 11.3. The number of carbonyl (C=O) groups is 1. The highest BCUT2D eigenvalue weighted by Gasteiger charge is 2.42. The number of sulfonamides is 1. The van der Waals surface area contributed by atoms with E-state index in [0.29, 0.717) is 43.5 Å². The van der Waals surface area contributed by atoms with E-state index in [1.54, 1.807) is 23.1 Å². The number of benzene rings is 2. The van der Waals surface area contributed by atoms with Gasteiger partial charge in [0.15, 0.2) is 11.5 Å². The Morgan fingerprint density at radius 1 is 1.03 bits per heavy atom. The summed E-state index contributed by atoms with van der Waals surface area (Å²) in [6, 6.07) is 10.2. The van der Waals surface area contributed by atoms with Gasteiger partial charge in [0.2, 0.25) is 22.7 Å². The Balaban J connectivity index is 1.12. The van der Waals surface area contributed by atoms with Crippen molar-refractivity contribution in [1.82, 2.24) is 22.9 Å². The Bertz CT molecular complexity index is 1370. The van der Waals surface area contributed by atoms with Crippen molar-refractivity contribution in [3.05, 3.63) is 42.0 Å². The first kappa shape index (κ1) is 22.7. The van der Waals surface area contributed by atoms with Crippen LogP contribution in [0.3, 0.4) is 0 Å². The number of fused-ring (bicyclic) bond motifs is 2. The first-order valence-electron chi connectivity index (χ1n) is 11.6. The maximum atomic E-state index is 13.5. The van der Waals surface area contributed by atoms with Crippen LogP contribution in [0.25, 0.3) is 11.0 Å². The number of carbonyl (C=O) groups excluding carboxylic acids is 1. The van der Waals surface area contributed by atoms with Crippen LogP contribution in [0.5, 0.6) is 11.5 Å². The van der Waals surface area contributed by atoms with Gasteiger partial charge in [-0.3, -0.25) is 9.69 Å². The fourth-order valence-electron chi connectivity index (χ4n) is 5.03. The largest absolute Gasteiger partial charge is 0.454 e. The minimum absolute atomic E-state index is 0.114. The van der Waals surface area contributed by atoms with E-state index in [1.807, 2.05) is 18.2 Å². The Hall–Kier alpha value is -2.80. The smallest absolute Gasteiger partial charge is 0.246 e. The zero-order valence-corrected chi connectivity index (χ0v) is 20.6. The molecule has 1 amide bonds.